The van der Waals surface area contributed by atoms with E-state index in [4.69, 9.17) is 4.74 Å². The van der Waals surface area contributed by atoms with Crippen molar-refractivity contribution in [2.24, 2.45) is 7.05 Å². The van der Waals surface area contributed by atoms with Crippen LogP contribution < -0.4 is 14.8 Å². The summed E-state index contributed by atoms with van der Waals surface area (Å²) in [4.78, 5) is 12.2. The molecular formula is C20H20N4O4S. The van der Waals surface area contributed by atoms with Crippen molar-refractivity contribution in [3.8, 4) is 5.75 Å². The molecule has 1 amide bonds. The van der Waals surface area contributed by atoms with Gasteiger partial charge in [0, 0.05) is 25.0 Å². The third kappa shape index (κ3) is 5.02. The van der Waals surface area contributed by atoms with Crippen molar-refractivity contribution in [3.05, 3.63) is 72.6 Å². The number of sulfonamides is 1. The Morgan fingerprint density at radius 1 is 1.14 bits per heavy atom. The Morgan fingerprint density at radius 2 is 1.93 bits per heavy atom. The lowest BCUT2D eigenvalue weighted by molar-refractivity contribution is -0.111. The van der Waals surface area contributed by atoms with Gasteiger partial charge in [-0.25, -0.2) is 8.42 Å². The molecule has 3 aromatic rings. The highest BCUT2D eigenvalue weighted by molar-refractivity contribution is 7.92. The minimum absolute atomic E-state index is 0.0109. The molecule has 150 valence electrons. The number of anilines is 2. The molecule has 0 saturated heterocycles. The molecule has 1 aromatic heterocycles. The van der Waals surface area contributed by atoms with Gasteiger partial charge < -0.3 is 10.1 Å². The van der Waals surface area contributed by atoms with Crippen LogP contribution in [-0.2, 0) is 21.9 Å². The molecule has 2 N–H and O–H groups in total. The third-order valence-corrected chi connectivity index (χ3v) is 5.39. The smallest absolute Gasteiger partial charge is 0.262 e. The van der Waals surface area contributed by atoms with Gasteiger partial charge in [0.1, 0.15) is 5.75 Å². The number of hydrogen-bond donors (Lipinski definition) is 2. The molecule has 1 heterocycles. The zero-order valence-corrected chi connectivity index (χ0v) is 16.7. The summed E-state index contributed by atoms with van der Waals surface area (Å²) in [5, 5.41) is 6.67. The summed E-state index contributed by atoms with van der Waals surface area (Å²) in [5.41, 5.74) is 1.44. The highest BCUT2D eigenvalue weighted by Crippen LogP contribution is 2.26. The van der Waals surface area contributed by atoms with Crippen LogP contribution in [0.4, 0.5) is 11.4 Å². The van der Waals surface area contributed by atoms with Crippen LogP contribution in [0, 0.1) is 0 Å². The van der Waals surface area contributed by atoms with Crippen LogP contribution in [-0.4, -0.2) is 31.2 Å². The monoisotopic (exact) mass is 412 g/mol. The highest BCUT2D eigenvalue weighted by atomic mass is 32.2. The highest BCUT2D eigenvalue weighted by Gasteiger charge is 2.17. The molecule has 0 aliphatic carbocycles. The van der Waals surface area contributed by atoms with E-state index in [0.29, 0.717) is 17.1 Å². The van der Waals surface area contributed by atoms with Gasteiger partial charge in [-0.3, -0.25) is 14.2 Å². The number of benzene rings is 2. The standard InChI is InChI=1S/C20H20N4O4S/c1-24-16(12-13-21-24)10-11-20(25)22-15-6-5-7-17(14-15)29(26,27)23-18-8-3-4-9-19(18)28-2/h3-14,23H,1-2H3,(H,22,25)/b11-10+. The van der Waals surface area contributed by atoms with Crippen LogP contribution in [0.5, 0.6) is 5.75 Å². The van der Waals surface area contributed by atoms with Crippen molar-refractivity contribution >= 4 is 33.4 Å². The predicted molar refractivity (Wildman–Crippen MR) is 111 cm³/mol. The van der Waals surface area contributed by atoms with E-state index in [0.717, 1.165) is 5.69 Å². The van der Waals surface area contributed by atoms with E-state index in [1.165, 1.54) is 25.3 Å². The number of ether oxygens (including phenoxy) is 1. The van der Waals surface area contributed by atoms with Crippen LogP contribution in [0.25, 0.3) is 6.08 Å². The van der Waals surface area contributed by atoms with E-state index < -0.39 is 15.9 Å². The molecule has 0 spiro atoms. The number of methoxy groups -OCH3 is 1. The van der Waals surface area contributed by atoms with Gasteiger partial charge >= 0.3 is 0 Å². The lowest BCUT2D eigenvalue weighted by Crippen LogP contribution is -2.14. The normalized spacial score (nSPS) is 11.4. The number of hydrogen-bond acceptors (Lipinski definition) is 5. The molecule has 9 heteroatoms. The maximum absolute atomic E-state index is 12.7. The first-order valence-corrected chi connectivity index (χ1v) is 10.1. The lowest BCUT2D eigenvalue weighted by atomic mass is 10.3. The van der Waals surface area contributed by atoms with Crippen LogP contribution in [0.15, 0.2) is 71.8 Å². The van der Waals surface area contributed by atoms with Crippen LogP contribution in [0.1, 0.15) is 5.69 Å². The molecule has 2 aromatic carbocycles. The molecule has 0 saturated carbocycles. The molecule has 8 nitrogen and oxygen atoms in total. The Bertz CT molecular complexity index is 1150. The maximum atomic E-state index is 12.7. The predicted octanol–water partition coefficient (Wildman–Crippen LogP) is 2.88. The van der Waals surface area contributed by atoms with Gasteiger partial charge in [-0.05, 0) is 42.5 Å². The second-order valence-electron chi connectivity index (χ2n) is 6.04. The van der Waals surface area contributed by atoms with Crippen LogP contribution in [0.3, 0.4) is 0 Å². The number of amides is 1. The molecule has 0 atom stereocenters. The van der Waals surface area contributed by atoms with E-state index in [1.54, 1.807) is 66.5 Å². The molecular weight excluding hydrogens is 392 g/mol. The number of aromatic nitrogens is 2. The van der Waals surface area contributed by atoms with E-state index in [2.05, 4.69) is 15.1 Å². The number of nitrogens with zero attached hydrogens (tertiary/aromatic N) is 2. The van der Waals surface area contributed by atoms with Gasteiger partial charge in [0.15, 0.2) is 0 Å². The average Bonchev–Trinajstić information content (AvgIpc) is 3.11. The van der Waals surface area contributed by atoms with E-state index in [1.807, 2.05) is 0 Å². The summed E-state index contributed by atoms with van der Waals surface area (Å²) in [6.07, 6.45) is 4.60. The summed E-state index contributed by atoms with van der Waals surface area (Å²) in [6.45, 7) is 0. The first kappa shape index (κ1) is 20.2. The van der Waals surface area contributed by atoms with Crippen molar-refractivity contribution in [2.45, 2.75) is 4.90 Å². The fourth-order valence-corrected chi connectivity index (χ4v) is 3.68. The minimum Gasteiger partial charge on any atom is -0.495 e. The topological polar surface area (TPSA) is 102 Å². The minimum atomic E-state index is -3.87. The molecule has 3 rings (SSSR count). The zero-order chi connectivity index (χ0) is 20.9. The quantitative estimate of drug-likeness (QED) is 0.581. The summed E-state index contributed by atoms with van der Waals surface area (Å²) >= 11 is 0. The Balaban J connectivity index is 1.75. The second kappa shape index (κ2) is 8.61. The van der Waals surface area contributed by atoms with Crippen molar-refractivity contribution in [1.82, 2.24) is 9.78 Å². The fourth-order valence-electron chi connectivity index (χ4n) is 2.57. The number of para-hydroxylation sites is 2. The summed E-state index contributed by atoms with van der Waals surface area (Å²) in [6, 6.07) is 14.5. The van der Waals surface area contributed by atoms with Gasteiger partial charge in [0.2, 0.25) is 5.91 Å². The zero-order valence-electron chi connectivity index (χ0n) is 15.9. The van der Waals surface area contributed by atoms with Crippen molar-refractivity contribution < 1.29 is 17.9 Å². The number of rotatable bonds is 7. The number of carbonyl (C=O) groups excluding carboxylic acids is 1. The van der Waals surface area contributed by atoms with Crippen molar-refractivity contribution in [1.29, 1.82) is 0 Å². The number of carbonyl (C=O) groups is 1. The Hall–Kier alpha value is -3.59. The van der Waals surface area contributed by atoms with Crippen molar-refractivity contribution in [3.63, 3.8) is 0 Å². The molecule has 0 bridgehead atoms. The van der Waals surface area contributed by atoms with Crippen LogP contribution in [0.2, 0.25) is 0 Å². The molecule has 0 aliphatic rings. The first-order valence-electron chi connectivity index (χ1n) is 8.62. The van der Waals surface area contributed by atoms with E-state index >= 15 is 0 Å². The SMILES string of the molecule is COc1ccccc1NS(=O)(=O)c1cccc(NC(=O)/C=C/c2ccnn2C)c1. The van der Waals surface area contributed by atoms with Gasteiger partial charge in [-0.2, -0.15) is 5.10 Å². The second-order valence-corrected chi connectivity index (χ2v) is 7.72. The Kier molecular flexibility index (Phi) is 5.99. The van der Waals surface area contributed by atoms with E-state index in [-0.39, 0.29) is 4.90 Å². The number of aryl methyl sites for hydroxylation is 1. The molecule has 0 unspecified atom stereocenters. The van der Waals surface area contributed by atoms with Crippen LogP contribution >= 0.6 is 0 Å². The number of nitrogens with one attached hydrogen (secondary N) is 2. The lowest BCUT2D eigenvalue weighted by Gasteiger charge is -2.12. The van der Waals surface area contributed by atoms with Gasteiger partial charge in [-0.1, -0.05) is 18.2 Å². The largest absolute Gasteiger partial charge is 0.495 e. The molecule has 29 heavy (non-hydrogen) atoms. The van der Waals surface area contributed by atoms with E-state index in [9.17, 15) is 13.2 Å². The molecule has 0 fully saturated rings. The molecule has 0 aliphatic heterocycles. The maximum Gasteiger partial charge on any atom is 0.262 e. The Morgan fingerprint density at radius 3 is 2.66 bits per heavy atom. The van der Waals surface area contributed by atoms with Gasteiger partial charge in [0.05, 0.1) is 23.4 Å². The average molecular weight is 412 g/mol. The first-order chi connectivity index (χ1) is 13.9. The summed E-state index contributed by atoms with van der Waals surface area (Å²) in [7, 11) is -0.643. The van der Waals surface area contributed by atoms with Gasteiger partial charge in [-0.15, -0.1) is 0 Å². The Labute approximate surface area is 168 Å². The fraction of sp³-hybridized carbons (Fsp3) is 0.100. The third-order valence-electron chi connectivity index (χ3n) is 4.03. The summed E-state index contributed by atoms with van der Waals surface area (Å²) in [5.74, 6) is 0.0132. The van der Waals surface area contributed by atoms with Crippen molar-refractivity contribution in [2.75, 3.05) is 17.1 Å². The van der Waals surface area contributed by atoms with Gasteiger partial charge in [0.25, 0.3) is 10.0 Å². The summed E-state index contributed by atoms with van der Waals surface area (Å²) < 4.78 is 34.7. The molecule has 0 radical (unpaired) electrons.